The summed E-state index contributed by atoms with van der Waals surface area (Å²) in [6.45, 7) is 4.98. The van der Waals surface area contributed by atoms with Gasteiger partial charge in [0.15, 0.2) is 5.84 Å². The molecule has 0 bridgehead atoms. The van der Waals surface area contributed by atoms with Gasteiger partial charge in [-0.2, -0.15) is 0 Å². The normalized spacial score (nSPS) is 12.8. The third-order valence-electron chi connectivity index (χ3n) is 2.86. The van der Waals surface area contributed by atoms with Gasteiger partial charge >= 0.3 is 6.03 Å². The lowest BCUT2D eigenvalue weighted by molar-refractivity contribution is 0.201. The largest absolute Gasteiger partial charge is 0.409 e. The van der Waals surface area contributed by atoms with Crippen LogP contribution in [0.3, 0.4) is 0 Å². The molecule has 0 fully saturated rings. The molecule has 1 aromatic carbocycles. The van der Waals surface area contributed by atoms with Crippen LogP contribution in [-0.4, -0.2) is 35.1 Å². The highest BCUT2D eigenvalue weighted by molar-refractivity contribution is 5.90. The van der Waals surface area contributed by atoms with Crippen LogP contribution in [0.2, 0.25) is 0 Å². The Balaban J connectivity index is 2.91. The van der Waals surface area contributed by atoms with E-state index in [1.807, 2.05) is 44.2 Å². The van der Waals surface area contributed by atoms with Crippen LogP contribution in [0.15, 0.2) is 35.5 Å². The van der Waals surface area contributed by atoms with Crippen LogP contribution >= 0.6 is 0 Å². The Morgan fingerprint density at radius 3 is 2.42 bits per heavy atom. The predicted molar refractivity (Wildman–Crippen MR) is 74.0 cm³/mol. The van der Waals surface area contributed by atoms with Crippen LogP contribution < -0.4 is 11.1 Å². The van der Waals surface area contributed by atoms with Crippen molar-refractivity contribution in [3.8, 4) is 0 Å². The molecule has 4 N–H and O–H groups in total. The molecule has 0 aliphatic heterocycles. The number of carbonyl (C=O) groups is 1. The minimum atomic E-state index is -0.640. The minimum absolute atomic E-state index is 0.0493. The first kappa shape index (κ1) is 14.8. The van der Waals surface area contributed by atoms with Gasteiger partial charge in [0.1, 0.15) is 6.04 Å². The second-order valence-electron chi connectivity index (χ2n) is 3.99. The maximum atomic E-state index is 12.0. The topological polar surface area (TPSA) is 91.0 Å². The molecule has 1 rings (SSSR count). The van der Waals surface area contributed by atoms with Gasteiger partial charge in [-0.3, -0.25) is 0 Å². The van der Waals surface area contributed by atoms with Crippen molar-refractivity contribution in [3.05, 3.63) is 35.9 Å². The van der Waals surface area contributed by atoms with Crippen molar-refractivity contribution >= 4 is 11.9 Å². The van der Waals surface area contributed by atoms with Crippen molar-refractivity contribution in [2.24, 2.45) is 10.9 Å². The summed E-state index contributed by atoms with van der Waals surface area (Å²) in [6, 6.07) is 8.26. The minimum Gasteiger partial charge on any atom is -0.409 e. The predicted octanol–water partition coefficient (Wildman–Crippen LogP) is 1.53. The summed E-state index contributed by atoms with van der Waals surface area (Å²) in [6.07, 6.45) is 0. The molecule has 0 saturated heterocycles. The van der Waals surface area contributed by atoms with E-state index in [2.05, 4.69) is 10.5 Å². The fraction of sp³-hybridized carbons (Fsp3) is 0.385. The zero-order chi connectivity index (χ0) is 14.3. The number of oxime groups is 1. The van der Waals surface area contributed by atoms with Gasteiger partial charge in [-0.05, 0) is 19.4 Å². The number of amidine groups is 1. The van der Waals surface area contributed by atoms with Crippen LogP contribution in [0.1, 0.15) is 25.5 Å². The summed E-state index contributed by atoms with van der Waals surface area (Å²) < 4.78 is 0. The SMILES string of the molecule is CCN(CC)C(=O)NC(C(N)=NO)c1ccccc1. The van der Waals surface area contributed by atoms with E-state index in [1.165, 1.54) is 0 Å². The van der Waals surface area contributed by atoms with Crippen molar-refractivity contribution in [1.29, 1.82) is 0 Å². The van der Waals surface area contributed by atoms with E-state index >= 15 is 0 Å². The number of carbonyl (C=O) groups excluding carboxylic acids is 1. The highest BCUT2D eigenvalue weighted by Crippen LogP contribution is 2.13. The lowest BCUT2D eigenvalue weighted by Crippen LogP contribution is -2.45. The van der Waals surface area contributed by atoms with Gasteiger partial charge in [-0.25, -0.2) is 4.79 Å². The van der Waals surface area contributed by atoms with E-state index in [9.17, 15) is 4.79 Å². The van der Waals surface area contributed by atoms with Gasteiger partial charge in [0.2, 0.25) is 0 Å². The summed E-state index contributed by atoms with van der Waals surface area (Å²) in [4.78, 5) is 13.7. The highest BCUT2D eigenvalue weighted by atomic mass is 16.4. The zero-order valence-corrected chi connectivity index (χ0v) is 11.2. The third kappa shape index (κ3) is 3.87. The van der Waals surface area contributed by atoms with E-state index in [-0.39, 0.29) is 11.9 Å². The molecule has 19 heavy (non-hydrogen) atoms. The van der Waals surface area contributed by atoms with Crippen LogP contribution in [0.5, 0.6) is 0 Å². The molecule has 0 heterocycles. The lowest BCUT2D eigenvalue weighted by Gasteiger charge is -2.24. The number of urea groups is 1. The molecular formula is C13H20N4O2. The maximum Gasteiger partial charge on any atom is 0.318 e. The van der Waals surface area contributed by atoms with Crippen molar-refractivity contribution in [3.63, 3.8) is 0 Å². The summed E-state index contributed by atoms with van der Waals surface area (Å²) in [5.41, 5.74) is 6.41. The Morgan fingerprint density at radius 2 is 1.95 bits per heavy atom. The molecule has 1 aromatic rings. The summed E-state index contributed by atoms with van der Waals surface area (Å²) in [5.74, 6) is -0.0493. The Bertz CT molecular complexity index is 430. The van der Waals surface area contributed by atoms with Gasteiger partial charge in [-0.1, -0.05) is 35.5 Å². The van der Waals surface area contributed by atoms with Gasteiger partial charge in [0, 0.05) is 13.1 Å². The Hall–Kier alpha value is -2.24. The molecule has 0 radical (unpaired) electrons. The number of rotatable bonds is 5. The molecule has 0 aromatic heterocycles. The van der Waals surface area contributed by atoms with E-state index in [1.54, 1.807) is 4.90 Å². The fourth-order valence-electron chi connectivity index (χ4n) is 1.76. The first-order chi connectivity index (χ1) is 9.13. The van der Waals surface area contributed by atoms with Gasteiger partial charge in [-0.15, -0.1) is 0 Å². The number of nitrogens with two attached hydrogens (primary N) is 1. The molecule has 104 valence electrons. The highest BCUT2D eigenvalue weighted by Gasteiger charge is 2.21. The van der Waals surface area contributed by atoms with Crippen molar-refractivity contribution in [2.45, 2.75) is 19.9 Å². The molecule has 1 atom stereocenters. The maximum absolute atomic E-state index is 12.0. The monoisotopic (exact) mass is 264 g/mol. The average molecular weight is 264 g/mol. The standard InChI is InChI=1S/C13H20N4O2/c1-3-17(4-2)13(18)15-11(12(14)16-19)10-8-6-5-7-9-10/h5-9,11,19H,3-4H2,1-2H3,(H2,14,16)(H,15,18). The van der Waals surface area contributed by atoms with Crippen LogP contribution in [0.25, 0.3) is 0 Å². The molecular weight excluding hydrogens is 244 g/mol. The molecule has 1 unspecified atom stereocenters. The number of hydrogen-bond donors (Lipinski definition) is 3. The summed E-state index contributed by atoms with van der Waals surface area (Å²) in [5, 5.41) is 14.6. The second-order valence-corrected chi connectivity index (χ2v) is 3.99. The van der Waals surface area contributed by atoms with Crippen LogP contribution in [0, 0.1) is 0 Å². The first-order valence-corrected chi connectivity index (χ1v) is 6.21. The quantitative estimate of drug-likeness (QED) is 0.326. The number of hydrogen-bond acceptors (Lipinski definition) is 3. The Labute approximate surface area is 112 Å². The van der Waals surface area contributed by atoms with Gasteiger partial charge in [0.05, 0.1) is 0 Å². The second kappa shape index (κ2) is 7.25. The fourth-order valence-corrected chi connectivity index (χ4v) is 1.76. The average Bonchev–Trinajstić information content (AvgIpc) is 2.46. The van der Waals surface area contributed by atoms with Crippen molar-refractivity contribution < 1.29 is 10.0 Å². The smallest absolute Gasteiger partial charge is 0.318 e. The summed E-state index contributed by atoms with van der Waals surface area (Å²) >= 11 is 0. The Kier molecular flexibility index (Phi) is 5.66. The molecule has 0 aliphatic rings. The number of nitrogens with zero attached hydrogens (tertiary/aromatic N) is 2. The Morgan fingerprint density at radius 1 is 1.37 bits per heavy atom. The van der Waals surface area contributed by atoms with E-state index in [4.69, 9.17) is 10.9 Å². The molecule has 2 amide bonds. The van der Waals surface area contributed by atoms with Gasteiger partial charge < -0.3 is 21.2 Å². The number of benzene rings is 1. The summed E-state index contributed by atoms with van der Waals surface area (Å²) in [7, 11) is 0. The van der Waals surface area contributed by atoms with Crippen LogP contribution in [0.4, 0.5) is 4.79 Å². The van der Waals surface area contributed by atoms with Crippen LogP contribution in [-0.2, 0) is 0 Å². The van der Waals surface area contributed by atoms with E-state index in [0.29, 0.717) is 13.1 Å². The first-order valence-electron chi connectivity index (χ1n) is 6.21. The molecule has 0 aliphatic carbocycles. The molecule has 6 heteroatoms. The van der Waals surface area contributed by atoms with Crippen molar-refractivity contribution in [2.75, 3.05) is 13.1 Å². The van der Waals surface area contributed by atoms with Gasteiger partial charge in [0.25, 0.3) is 0 Å². The number of amides is 2. The number of nitrogens with one attached hydrogen (secondary N) is 1. The van der Waals surface area contributed by atoms with Crippen molar-refractivity contribution in [1.82, 2.24) is 10.2 Å². The lowest BCUT2D eigenvalue weighted by atomic mass is 10.1. The third-order valence-corrected chi connectivity index (χ3v) is 2.86. The van der Waals surface area contributed by atoms with E-state index in [0.717, 1.165) is 5.56 Å². The molecule has 0 spiro atoms. The zero-order valence-electron chi connectivity index (χ0n) is 11.2. The molecule has 6 nitrogen and oxygen atoms in total. The molecule has 0 saturated carbocycles. The van der Waals surface area contributed by atoms with E-state index < -0.39 is 6.04 Å².